The fourth-order valence-corrected chi connectivity index (χ4v) is 6.21. The van der Waals surface area contributed by atoms with Crippen LogP contribution in [-0.2, 0) is 13.8 Å². The van der Waals surface area contributed by atoms with E-state index in [1.165, 1.54) is 17.2 Å². The van der Waals surface area contributed by atoms with Gasteiger partial charge >= 0.3 is 0 Å². The molecule has 214 valence electrons. The first kappa shape index (κ1) is 29.9. The molecular formula is C27H35FN7O4P. The summed E-state index contributed by atoms with van der Waals surface area (Å²) in [5, 5.41) is 2.76. The predicted octanol–water partition coefficient (Wildman–Crippen LogP) is 5.25. The predicted molar refractivity (Wildman–Crippen MR) is 150 cm³/mol. The second-order valence-electron chi connectivity index (χ2n) is 10.1. The lowest BCUT2D eigenvalue weighted by Crippen LogP contribution is -2.35. The molecule has 1 aliphatic heterocycles. The van der Waals surface area contributed by atoms with Crippen molar-refractivity contribution in [2.75, 3.05) is 25.1 Å². The van der Waals surface area contributed by atoms with Crippen molar-refractivity contribution in [3.8, 4) is 0 Å². The third-order valence-electron chi connectivity index (χ3n) is 6.58. The first-order valence-electron chi connectivity index (χ1n) is 13.2. The summed E-state index contributed by atoms with van der Waals surface area (Å²) in [6.45, 7) is 17.7. The van der Waals surface area contributed by atoms with Gasteiger partial charge in [0, 0.05) is 23.6 Å². The van der Waals surface area contributed by atoms with Gasteiger partial charge in [-0.15, -0.1) is 0 Å². The Morgan fingerprint density at radius 3 is 2.60 bits per heavy atom. The topological polar surface area (TPSA) is 108 Å². The maximum Gasteiger partial charge on any atom is 0.259 e. The summed E-state index contributed by atoms with van der Waals surface area (Å²) in [7, 11) is -1.48. The Kier molecular flexibility index (Phi) is 10.1. The molecular weight excluding hydrogens is 536 g/mol. The van der Waals surface area contributed by atoms with E-state index in [2.05, 4.69) is 57.5 Å². The number of amides is 1. The number of alkyl halides is 1. The number of benzene rings is 1. The van der Waals surface area contributed by atoms with Crippen LogP contribution in [0.3, 0.4) is 0 Å². The summed E-state index contributed by atoms with van der Waals surface area (Å²) in [6, 6.07) is 9.05. The molecule has 0 spiro atoms. The van der Waals surface area contributed by atoms with Gasteiger partial charge in [-0.25, -0.2) is 30.6 Å². The molecule has 13 heteroatoms. The van der Waals surface area contributed by atoms with E-state index < -0.39 is 32.9 Å². The van der Waals surface area contributed by atoms with Gasteiger partial charge in [0.15, 0.2) is 29.4 Å². The number of hydrogen-bond acceptors (Lipinski definition) is 8. The Morgan fingerprint density at radius 1 is 1.20 bits per heavy atom. The van der Waals surface area contributed by atoms with Crippen molar-refractivity contribution in [1.82, 2.24) is 24.2 Å². The molecule has 2 aromatic heterocycles. The zero-order valence-electron chi connectivity index (χ0n) is 23.3. The second kappa shape index (κ2) is 13.5. The van der Waals surface area contributed by atoms with Gasteiger partial charge < -0.3 is 23.9 Å². The molecule has 40 heavy (non-hydrogen) atoms. The molecule has 1 fully saturated rings. The molecule has 4 rings (SSSR count). The monoisotopic (exact) mass is 571 g/mol. The van der Waals surface area contributed by atoms with Gasteiger partial charge in [-0.05, 0) is 39.8 Å². The number of ether oxygens (including phenoxy) is 1. The summed E-state index contributed by atoms with van der Waals surface area (Å²) in [5.41, 5.74) is 1.14. The molecule has 1 aromatic carbocycles. The first-order chi connectivity index (χ1) is 19.2. The number of hydrogen-bond donors (Lipinski definition) is 1. The number of anilines is 1. The lowest BCUT2D eigenvalue weighted by atomic mass is 10.0. The van der Waals surface area contributed by atoms with Crippen LogP contribution in [0.5, 0.6) is 0 Å². The van der Waals surface area contributed by atoms with E-state index in [1.807, 2.05) is 6.07 Å². The van der Waals surface area contributed by atoms with Crippen molar-refractivity contribution in [2.24, 2.45) is 5.92 Å². The number of carbonyl (C=O) groups is 1. The number of halogens is 1. The average Bonchev–Trinajstić information content (AvgIpc) is 3.48. The molecule has 0 saturated carbocycles. The minimum Gasteiger partial charge on any atom is -0.349 e. The Labute approximate surface area is 234 Å². The third-order valence-corrected chi connectivity index (χ3v) is 8.65. The highest BCUT2D eigenvalue weighted by Gasteiger charge is 2.45. The Bertz CT molecular complexity index is 1310. The van der Waals surface area contributed by atoms with E-state index in [0.717, 1.165) is 0 Å². The number of rotatable bonds is 12. The van der Waals surface area contributed by atoms with Crippen LogP contribution in [0.2, 0.25) is 0 Å². The van der Waals surface area contributed by atoms with Gasteiger partial charge in [-0.3, -0.25) is 9.36 Å². The average molecular weight is 572 g/mol. The minimum absolute atomic E-state index is 0.123. The minimum atomic E-state index is -1.48. The fourth-order valence-electron chi connectivity index (χ4n) is 4.60. The van der Waals surface area contributed by atoms with Crippen molar-refractivity contribution >= 4 is 31.4 Å². The maximum atomic E-state index is 15.6. The number of aromatic nitrogens is 4. The normalized spacial score (nSPS) is 21.8. The van der Waals surface area contributed by atoms with Crippen LogP contribution in [0.15, 0.2) is 43.0 Å². The zero-order valence-corrected chi connectivity index (χ0v) is 24.2. The number of fused-ring (bicyclic) bond motifs is 1. The Balaban J connectivity index is 1.49. The molecule has 0 aliphatic carbocycles. The molecule has 5 unspecified atom stereocenters. The molecule has 1 saturated heterocycles. The smallest absolute Gasteiger partial charge is 0.259 e. The van der Waals surface area contributed by atoms with Gasteiger partial charge in [-0.1, -0.05) is 25.1 Å². The van der Waals surface area contributed by atoms with Crippen LogP contribution < -0.4 is 5.32 Å². The van der Waals surface area contributed by atoms with E-state index in [-0.39, 0.29) is 43.6 Å². The molecule has 0 radical (unpaired) electrons. The Morgan fingerprint density at radius 2 is 1.93 bits per heavy atom. The maximum absolute atomic E-state index is 15.6. The SMILES string of the molecule is [C-]#[N+]CCOP(OCC1OC(n2cnc3c(NC(=O)c4ccccc4)ncnc32)C(F)C1C)N(C(C)C)C(C)C. The summed E-state index contributed by atoms with van der Waals surface area (Å²) in [4.78, 5) is 28.9. The van der Waals surface area contributed by atoms with Gasteiger partial charge in [0.05, 0.1) is 19.0 Å². The molecule has 0 bridgehead atoms. The molecule has 5 atom stereocenters. The largest absolute Gasteiger partial charge is 0.349 e. The lowest BCUT2D eigenvalue weighted by Gasteiger charge is -2.35. The van der Waals surface area contributed by atoms with Crippen LogP contribution in [0.4, 0.5) is 10.2 Å². The summed E-state index contributed by atoms with van der Waals surface area (Å²) < 4.78 is 37.6. The lowest BCUT2D eigenvalue weighted by molar-refractivity contribution is -0.0358. The van der Waals surface area contributed by atoms with Crippen LogP contribution in [0.25, 0.3) is 16.0 Å². The van der Waals surface area contributed by atoms with Crippen LogP contribution in [0, 0.1) is 12.5 Å². The molecule has 3 aromatic rings. The third kappa shape index (κ3) is 6.62. The van der Waals surface area contributed by atoms with Crippen LogP contribution in [-0.4, -0.2) is 74.2 Å². The van der Waals surface area contributed by atoms with Crippen molar-refractivity contribution in [3.63, 3.8) is 0 Å². The number of nitrogens with one attached hydrogen (secondary N) is 1. The Hall–Kier alpha value is -3.07. The van der Waals surface area contributed by atoms with E-state index in [1.54, 1.807) is 31.2 Å². The van der Waals surface area contributed by atoms with Crippen molar-refractivity contribution in [2.45, 2.75) is 65.2 Å². The molecule has 3 heterocycles. The van der Waals surface area contributed by atoms with E-state index in [9.17, 15) is 4.79 Å². The molecule has 11 nitrogen and oxygen atoms in total. The van der Waals surface area contributed by atoms with Gasteiger partial charge in [0.2, 0.25) is 6.54 Å². The van der Waals surface area contributed by atoms with E-state index >= 15 is 4.39 Å². The quantitative estimate of drug-likeness (QED) is 0.179. The number of imidazole rings is 1. The van der Waals surface area contributed by atoms with Crippen molar-refractivity contribution < 1.29 is 23.0 Å². The highest BCUT2D eigenvalue weighted by atomic mass is 31.2. The second-order valence-corrected chi connectivity index (χ2v) is 11.5. The zero-order chi connectivity index (χ0) is 28.8. The summed E-state index contributed by atoms with van der Waals surface area (Å²) in [6.07, 6.45) is -0.143. The number of nitrogens with zero attached hydrogens (tertiary/aromatic N) is 6. The summed E-state index contributed by atoms with van der Waals surface area (Å²) >= 11 is 0. The highest BCUT2D eigenvalue weighted by Crippen LogP contribution is 2.47. The first-order valence-corrected chi connectivity index (χ1v) is 14.4. The fraction of sp³-hybridized carbons (Fsp3) is 0.519. The van der Waals surface area contributed by atoms with Gasteiger partial charge in [0.25, 0.3) is 14.4 Å². The molecule has 1 amide bonds. The molecule has 1 N–H and O–H groups in total. The molecule has 1 aliphatic rings. The standard InChI is InChI=1S/C27H35FN7O4P/c1-17(2)35(18(3)4)40(37-13-12-29-6)38-14-21-19(5)22(28)27(39-21)34-16-32-23-24(30-15-31-25(23)34)33-26(36)20-10-8-7-9-11-20/h7-11,15-19,21-22,27H,12-14H2,1-5H3,(H,30,31,33,36). The summed E-state index contributed by atoms with van der Waals surface area (Å²) in [5.74, 6) is -0.592. The van der Waals surface area contributed by atoms with Gasteiger partial charge in [-0.2, -0.15) is 0 Å². The van der Waals surface area contributed by atoms with Crippen molar-refractivity contribution in [1.29, 1.82) is 0 Å². The highest BCUT2D eigenvalue weighted by molar-refractivity contribution is 7.44. The van der Waals surface area contributed by atoms with E-state index in [0.29, 0.717) is 16.7 Å². The number of carbonyl (C=O) groups excluding carboxylic acids is 1. The van der Waals surface area contributed by atoms with Gasteiger partial charge in [0.1, 0.15) is 12.9 Å². The van der Waals surface area contributed by atoms with Crippen LogP contribution >= 0.6 is 8.53 Å². The van der Waals surface area contributed by atoms with E-state index in [4.69, 9.17) is 20.4 Å². The van der Waals surface area contributed by atoms with Crippen molar-refractivity contribution in [3.05, 3.63) is 60.0 Å². The van der Waals surface area contributed by atoms with Crippen LogP contribution in [0.1, 0.15) is 51.2 Å².